The van der Waals surface area contributed by atoms with Gasteiger partial charge in [-0.1, -0.05) is 88.7 Å². The standard InChI is InChI=1S/C27H33BrO5/c1-29-16-17-31-23-18-27(19-30-2)15-9-14-22(28)26(27)33-25(21-12-7-4-8-13-21)24(32-23)20-10-5-3-6-11-20/h3-13,15,22-26H,14,16-19H2,1-2H3/t22-,23-,24-,25-,26+,27+/m1/s1. The van der Waals surface area contributed by atoms with E-state index in [9.17, 15) is 0 Å². The molecule has 6 atom stereocenters. The molecule has 1 fully saturated rings. The SMILES string of the molecule is COCCO[C@H]1C[C@]2(COC)C=CC[C@@H](Br)[C@@H]2O[C@H](c2ccccc2)[C@@H](c2ccccc2)O1. The second-order valence-corrected chi connectivity index (χ2v) is 9.85. The van der Waals surface area contributed by atoms with Crippen molar-refractivity contribution >= 4 is 15.9 Å². The van der Waals surface area contributed by atoms with Crippen LogP contribution in [0.25, 0.3) is 0 Å². The second-order valence-electron chi connectivity index (χ2n) is 8.67. The molecule has 1 aliphatic carbocycles. The highest BCUT2D eigenvalue weighted by Crippen LogP contribution is 2.49. The molecule has 4 rings (SSSR count). The molecule has 33 heavy (non-hydrogen) atoms. The van der Waals surface area contributed by atoms with Crippen molar-refractivity contribution in [2.24, 2.45) is 5.41 Å². The van der Waals surface area contributed by atoms with Crippen LogP contribution >= 0.6 is 15.9 Å². The van der Waals surface area contributed by atoms with Gasteiger partial charge in [0, 0.05) is 30.9 Å². The smallest absolute Gasteiger partial charge is 0.159 e. The van der Waals surface area contributed by atoms with Crippen molar-refractivity contribution in [3.05, 3.63) is 83.9 Å². The van der Waals surface area contributed by atoms with Crippen molar-refractivity contribution in [2.75, 3.05) is 34.0 Å². The number of ether oxygens (including phenoxy) is 5. The minimum absolute atomic E-state index is 0.115. The fraction of sp³-hybridized carbons (Fsp3) is 0.481. The number of allylic oxidation sites excluding steroid dienone is 1. The van der Waals surface area contributed by atoms with E-state index in [4.69, 9.17) is 23.7 Å². The lowest BCUT2D eigenvalue weighted by atomic mass is 9.73. The molecule has 0 unspecified atom stereocenters. The third-order valence-electron chi connectivity index (χ3n) is 6.38. The van der Waals surface area contributed by atoms with Crippen LogP contribution in [0.4, 0.5) is 0 Å². The molecule has 2 aliphatic rings. The maximum absolute atomic E-state index is 7.01. The lowest BCUT2D eigenvalue weighted by molar-refractivity contribution is -0.259. The number of fused-ring (bicyclic) bond motifs is 1. The summed E-state index contributed by atoms with van der Waals surface area (Å²) in [5, 5.41) is 0. The highest BCUT2D eigenvalue weighted by Gasteiger charge is 2.50. The first-order chi connectivity index (χ1) is 16.2. The predicted molar refractivity (Wildman–Crippen MR) is 131 cm³/mol. The molecule has 0 amide bonds. The summed E-state index contributed by atoms with van der Waals surface area (Å²) in [6.07, 6.45) is 4.76. The zero-order valence-electron chi connectivity index (χ0n) is 19.3. The second kappa shape index (κ2) is 11.7. The molecule has 1 saturated heterocycles. The lowest BCUT2D eigenvalue weighted by Crippen LogP contribution is -2.52. The number of methoxy groups -OCH3 is 2. The van der Waals surface area contributed by atoms with Crippen LogP contribution in [0.2, 0.25) is 0 Å². The molecule has 0 spiro atoms. The Balaban J connectivity index is 1.79. The van der Waals surface area contributed by atoms with Crippen LogP contribution < -0.4 is 0 Å². The first-order valence-electron chi connectivity index (χ1n) is 11.5. The summed E-state index contributed by atoms with van der Waals surface area (Å²) in [6.45, 7) is 1.47. The average Bonchev–Trinajstić information content (AvgIpc) is 2.83. The van der Waals surface area contributed by atoms with Gasteiger partial charge < -0.3 is 23.7 Å². The quantitative estimate of drug-likeness (QED) is 0.259. The highest BCUT2D eigenvalue weighted by atomic mass is 79.9. The Bertz CT molecular complexity index is 877. The normalized spacial score (nSPS) is 32.0. The van der Waals surface area contributed by atoms with Crippen LogP contribution in [-0.2, 0) is 23.7 Å². The van der Waals surface area contributed by atoms with Crippen LogP contribution in [0, 0.1) is 5.41 Å². The van der Waals surface area contributed by atoms with E-state index in [0.29, 0.717) is 26.2 Å². The summed E-state index contributed by atoms with van der Waals surface area (Å²) < 4.78 is 30.9. The molecule has 0 radical (unpaired) electrons. The van der Waals surface area contributed by atoms with Crippen molar-refractivity contribution in [1.29, 1.82) is 0 Å². The van der Waals surface area contributed by atoms with Gasteiger partial charge in [-0.25, -0.2) is 0 Å². The molecule has 0 saturated carbocycles. The van der Waals surface area contributed by atoms with Gasteiger partial charge in [0.2, 0.25) is 0 Å². The predicted octanol–water partition coefficient (Wildman–Crippen LogP) is 5.62. The Morgan fingerprint density at radius 1 is 0.879 bits per heavy atom. The van der Waals surface area contributed by atoms with Crippen molar-refractivity contribution < 1.29 is 23.7 Å². The van der Waals surface area contributed by atoms with Gasteiger partial charge in [0.05, 0.1) is 25.9 Å². The van der Waals surface area contributed by atoms with Gasteiger partial charge in [-0.3, -0.25) is 0 Å². The van der Waals surface area contributed by atoms with E-state index in [1.54, 1.807) is 14.2 Å². The summed E-state index contributed by atoms with van der Waals surface area (Å²) in [4.78, 5) is 0.151. The molecular formula is C27H33BrO5. The first kappa shape index (κ1) is 24.6. The molecular weight excluding hydrogens is 484 g/mol. The molecule has 0 N–H and O–H groups in total. The van der Waals surface area contributed by atoms with Crippen molar-refractivity contribution in [3.8, 4) is 0 Å². The summed E-state index contributed by atoms with van der Waals surface area (Å²) in [6, 6.07) is 20.6. The fourth-order valence-corrected chi connectivity index (χ4v) is 5.72. The number of hydrogen-bond acceptors (Lipinski definition) is 5. The largest absolute Gasteiger partial charge is 0.384 e. The number of alkyl halides is 1. The topological polar surface area (TPSA) is 46.2 Å². The number of hydrogen-bond donors (Lipinski definition) is 0. The van der Waals surface area contributed by atoms with Crippen LogP contribution in [0.15, 0.2) is 72.8 Å². The van der Waals surface area contributed by atoms with Crippen molar-refractivity contribution in [3.63, 3.8) is 0 Å². The van der Waals surface area contributed by atoms with E-state index in [1.807, 2.05) is 36.4 Å². The van der Waals surface area contributed by atoms with Gasteiger partial charge in [-0.15, -0.1) is 0 Å². The molecule has 1 aliphatic heterocycles. The van der Waals surface area contributed by atoms with Gasteiger partial charge in [0.25, 0.3) is 0 Å². The maximum Gasteiger partial charge on any atom is 0.159 e. The van der Waals surface area contributed by atoms with Crippen molar-refractivity contribution in [1.82, 2.24) is 0 Å². The van der Waals surface area contributed by atoms with Crippen LogP contribution in [-0.4, -0.2) is 51.3 Å². The molecule has 1 heterocycles. The van der Waals surface area contributed by atoms with E-state index in [-0.39, 0.29) is 28.6 Å². The Labute approximate surface area is 205 Å². The fourth-order valence-electron chi connectivity index (χ4n) is 4.85. The summed E-state index contributed by atoms with van der Waals surface area (Å²) in [5.74, 6) is 0. The minimum atomic E-state index is -0.444. The number of rotatable bonds is 8. The zero-order valence-corrected chi connectivity index (χ0v) is 20.9. The first-order valence-corrected chi connectivity index (χ1v) is 12.4. The third-order valence-corrected chi connectivity index (χ3v) is 7.23. The van der Waals surface area contributed by atoms with Gasteiger partial charge in [-0.2, -0.15) is 0 Å². The van der Waals surface area contributed by atoms with E-state index in [2.05, 4.69) is 52.3 Å². The molecule has 178 valence electrons. The van der Waals surface area contributed by atoms with Gasteiger partial charge in [-0.05, 0) is 17.5 Å². The Hall–Kier alpha value is -1.54. The number of halogens is 1. The van der Waals surface area contributed by atoms with Crippen LogP contribution in [0.3, 0.4) is 0 Å². The van der Waals surface area contributed by atoms with E-state index >= 15 is 0 Å². The van der Waals surface area contributed by atoms with Gasteiger partial charge in [0.15, 0.2) is 6.29 Å². The molecule has 0 bridgehead atoms. The average molecular weight is 517 g/mol. The monoisotopic (exact) mass is 516 g/mol. The number of benzene rings is 2. The Morgan fingerprint density at radius 2 is 1.52 bits per heavy atom. The summed E-state index contributed by atoms with van der Waals surface area (Å²) in [7, 11) is 3.41. The van der Waals surface area contributed by atoms with E-state index in [1.165, 1.54) is 0 Å². The molecule has 5 nitrogen and oxygen atoms in total. The minimum Gasteiger partial charge on any atom is -0.384 e. The molecule has 0 aromatic heterocycles. The van der Waals surface area contributed by atoms with Crippen LogP contribution in [0.1, 0.15) is 36.2 Å². The Kier molecular flexibility index (Phi) is 8.74. The zero-order chi connectivity index (χ0) is 23.1. The van der Waals surface area contributed by atoms with Gasteiger partial charge >= 0.3 is 0 Å². The lowest BCUT2D eigenvalue weighted by Gasteiger charge is -2.49. The highest BCUT2D eigenvalue weighted by molar-refractivity contribution is 9.09. The molecule has 6 heteroatoms. The van der Waals surface area contributed by atoms with Crippen LogP contribution in [0.5, 0.6) is 0 Å². The molecule has 2 aromatic carbocycles. The summed E-state index contributed by atoms with van der Waals surface area (Å²) in [5.41, 5.74) is 1.75. The van der Waals surface area contributed by atoms with Crippen molar-refractivity contribution in [2.45, 2.75) is 42.3 Å². The third kappa shape index (κ3) is 5.76. The molecule has 2 aromatic rings. The Morgan fingerprint density at radius 3 is 2.12 bits per heavy atom. The maximum atomic E-state index is 7.01. The van der Waals surface area contributed by atoms with E-state index in [0.717, 1.165) is 17.5 Å². The van der Waals surface area contributed by atoms with E-state index < -0.39 is 6.29 Å². The summed E-state index contributed by atoms with van der Waals surface area (Å²) >= 11 is 3.92. The van der Waals surface area contributed by atoms with Gasteiger partial charge in [0.1, 0.15) is 12.2 Å².